The van der Waals surface area contributed by atoms with E-state index in [0.717, 1.165) is 35.8 Å². The number of hydrogen-bond donors (Lipinski definition) is 1. The van der Waals surface area contributed by atoms with E-state index in [0.29, 0.717) is 12.1 Å². The molecule has 1 saturated carbocycles. The predicted molar refractivity (Wildman–Crippen MR) is 69.6 cm³/mol. The Balaban J connectivity index is 1.56. The van der Waals surface area contributed by atoms with E-state index in [9.17, 15) is 0 Å². The topological polar surface area (TPSA) is 34.1 Å². The summed E-state index contributed by atoms with van der Waals surface area (Å²) in [6, 6.07) is 6.55. The number of halogens is 1. The first kappa shape index (κ1) is 11.6. The van der Waals surface area contributed by atoms with E-state index in [1.54, 1.807) is 0 Å². The van der Waals surface area contributed by atoms with Gasteiger partial charge in [0.25, 0.3) is 0 Å². The van der Waals surface area contributed by atoms with Crippen LogP contribution in [-0.2, 0) is 11.3 Å². The molecule has 3 nitrogen and oxygen atoms in total. The van der Waals surface area contributed by atoms with Crippen molar-refractivity contribution in [3.63, 3.8) is 0 Å². The molecule has 17 heavy (non-hydrogen) atoms. The highest BCUT2D eigenvalue weighted by molar-refractivity contribution is 9.10. The van der Waals surface area contributed by atoms with Gasteiger partial charge in [-0.2, -0.15) is 0 Å². The minimum absolute atomic E-state index is 0.446. The molecule has 1 saturated heterocycles. The second kappa shape index (κ2) is 5.04. The van der Waals surface area contributed by atoms with Crippen molar-refractivity contribution in [2.24, 2.45) is 5.92 Å². The Hall–Kier alpha value is -0.450. The third-order valence-corrected chi connectivity index (χ3v) is 3.98. The van der Waals surface area contributed by atoms with Crippen LogP contribution in [0.25, 0.3) is 0 Å². The Morgan fingerprint density at radius 2 is 2.24 bits per heavy atom. The molecule has 2 unspecified atom stereocenters. The van der Waals surface area contributed by atoms with Crippen molar-refractivity contribution in [2.75, 3.05) is 6.61 Å². The standard InChI is InChI=1S/C13H17BrN2O/c14-12-3-1-2-10(16-12)8-15-11-6-7-17-13(11)9-4-5-9/h1-3,9,11,13,15H,4-8H2. The molecule has 1 aromatic heterocycles. The number of aromatic nitrogens is 1. The van der Waals surface area contributed by atoms with E-state index in [1.807, 2.05) is 12.1 Å². The summed E-state index contributed by atoms with van der Waals surface area (Å²) in [4.78, 5) is 4.43. The van der Waals surface area contributed by atoms with Gasteiger partial charge in [0.1, 0.15) is 4.60 Å². The zero-order valence-corrected chi connectivity index (χ0v) is 11.3. The summed E-state index contributed by atoms with van der Waals surface area (Å²) in [6.45, 7) is 1.74. The summed E-state index contributed by atoms with van der Waals surface area (Å²) in [5, 5.41) is 3.59. The van der Waals surface area contributed by atoms with Crippen LogP contribution >= 0.6 is 15.9 Å². The van der Waals surface area contributed by atoms with Gasteiger partial charge in [-0.25, -0.2) is 4.98 Å². The van der Waals surface area contributed by atoms with Crippen LogP contribution < -0.4 is 5.32 Å². The number of rotatable bonds is 4. The maximum absolute atomic E-state index is 5.81. The molecule has 92 valence electrons. The van der Waals surface area contributed by atoms with Gasteiger partial charge in [-0.15, -0.1) is 0 Å². The van der Waals surface area contributed by atoms with Crippen LogP contribution in [0.5, 0.6) is 0 Å². The molecule has 1 aliphatic heterocycles. The zero-order valence-electron chi connectivity index (χ0n) is 9.73. The van der Waals surface area contributed by atoms with E-state index >= 15 is 0 Å². The number of nitrogens with zero attached hydrogens (tertiary/aromatic N) is 1. The van der Waals surface area contributed by atoms with E-state index in [1.165, 1.54) is 12.8 Å². The first-order chi connectivity index (χ1) is 8.33. The van der Waals surface area contributed by atoms with Gasteiger partial charge >= 0.3 is 0 Å². The number of pyridine rings is 1. The number of ether oxygens (including phenoxy) is 1. The largest absolute Gasteiger partial charge is 0.376 e. The molecular weight excluding hydrogens is 280 g/mol. The van der Waals surface area contributed by atoms with Gasteiger partial charge in [0.2, 0.25) is 0 Å². The molecule has 2 atom stereocenters. The lowest BCUT2D eigenvalue weighted by Crippen LogP contribution is -2.37. The van der Waals surface area contributed by atoms with Gasteiger partial charge in [0, 0.05) is 19.2 Å². The highest BCUT2D eigenvalue weighted by atomic mass is 79.9. The Kier molecular flexibility index (Phi) is 3.45. The fourth-order valence-electron chi connectivity index (χ4n) is 2.50. The highest BCUT2D eigenvalue weighted by Gasteiger charge is 2.40. The number of nitrogens with one attached hydrogen (secondary N) is 1. The third-order valence-electron chi connectivity index (χ3n) is 3.54. The van der Waals surface area contributed by atoms with Crippen LogP contribution in [0, 0.1) is 5.92 Å². The third kappa shape index (κ3) is 2.87. The second-order valence-corrected chi connectivity index (χ2v) is 5.71. The van der Waals surface area contributed by atoms with Gasteiger partial charge in [0.15, 0.2) is 0 Å². The van der Waals surface area contributed by atoms with Crippen molar-refractivity contribution in [3.8, 4) is 0 Å². The average molecular weight is 297 g/mol. The summed E-state index contributed by atoms with van der Waals surface area (Å²) in [7, 11) is 0. The van der Waals surface area contributed by atoms with E-state index < -0.39 is 0 Å². The van der Waals surface area contributed by atoms with Crippen molar-refractivity contribution < 1.29 is 4.74 Å². The van der Waals surface area contributed by atoms with Gasteiger partial charge < -0.3 is 10.1 Å². The summed E-state index contributed by atoms with van der Waals surface area (Å²) < 4.78 is 6.71. The summed E-state index contributed by atoms with van der Waals surface area (Å²) in [5.74, 6) is 0.811. The first-order valence-electron chi connectivity index (χ1n) is 6.29. The molecule has 0 radical (unpaired) electrons. The average Bonchev–Trinajstić information content (AvgIpc) is 3.06. The van der Waals surface area contributed by atoms with Crippen molar-refractivity contribution in [1.82, 2.24) is 10.3 Å². The minimum Gasteiger partial charge on any atom is -0.376 e. The van der Waals surface area contributed by atoms with Crippen LogP contribution in [0.1, 0.15) is 25.0 Å². The maximum atomic E-state index is 5.81. The fourth-order valence-corrected chi connectivity index (χ4v) is 2.88. The van der Waals surface area contributed by atoms with Crippen molar-refractivity contribution in [2.45, 2.75) is 38.0 Å². The van der Waals surface area contributed by atoms with Gasteiger partial charge in [-0.05, 0) is 53.2 Å². The minimum atomic E-state index is 0.446. The van der Waals surface area contributed by atoms with Gasteiger partial charge in [-0.3, -0.25) is 0 Å². The van der Waals surface area contributed by atoms with E-state index in [4.69, 9.17) is 4.74 Å². The maximum Gasteiger partial charge on any atom is 0.106 e. The van der Waals surface area contributed by atoms with Crippen LogP contribution in [0.2, 0.25) is 0 Å². The van der Waals surface area contributed by atoms with Crippen molar-refractivity contribution in [3.05, 3.63) is 28.5 Å². The van der Waals surface area contributed by atoms with Crippen LogP contribution in [-0.4, -0.2) is 23.7 Å². The van der Waals surface area contributed by atoms with Crippen LogP contribution in [0.4, 0.5) is 0 Å². The summed E-state index contributed by atoms with van der Waals surface area (Å²) >= 11 is 3.40. The molecule has 1 aliphatic carbocycles. The molecule has 2 fully saturated rings. The normalized spacial score (nSPS) is 28.5. The molecule has 3 rings (SSSR count). The lowest BCUT2D eigenvalue weighted by molar-refractivity contribution is 0.0808. The van der Waals surface area contributed by atoms with Crippen molar-refractivity contribution >= 4 is 15.9 Å². The Morgan fingerprint density at radius 3 is 3.00 bits per heavy atom. The summed E-state index contributed by atoms with van der Waals surface area (Å²) in [5.41, 5.74) is 1.08. The molecule has 0 aromatic carbocycles. The van der Waals surface area contributed by atoms with Crippen LogP contribution in [0.3, 0.4) is 0 Å². The van der Waals surface area contributed by atoms with Crippen LogP contribution in [0.15, 0.2) is 22.8 Å². The van der Waals surface area contributed by atoms with Gasteiger partial charge in [0.05, 0.1) is 11.8 Å². The molecule has 2 aliphatic rings. The molecule has 0 bridgehead atoms. The Morgan fingerprint density at radius 1 is 1.35 bits per heavy atom. The molecular formula is C13H17BrN2O. The SMILES string of the molecule is Brc1cccc(CNC2CCOC2C2CC2)n1. The van der Waals surface area contributed by atoms with E-state index in [2.05, 4.69) is 32.3 Å². The molecule has 4 heteroatoms. The fraction of sp³-hybridized carbons (Fsp3) is 0.615. The molecule has 0 spiro atoms. The van der Waals surface area contributed by atoms with Crippen molar-refractivity contribution in [1.29, 1.82) is 0 Å². The van der Waals surface area contributed by atoms with E-state index in [-0.39, 0.29) is 0 Å². The molecule has 1 N–H and O–H groups in total. The monoisotopic (exact) mass is 296 g/mol. The zero-order chi connectivity index (χ0) is 11.7. The second-order valence-electron chi connectivity index (χ2n) is 4.90. The Bertz CT molecular complexity index is 395. The lowest BCUT2D eigenvalue weighted by atomic mass is 10.1. The first-order valence-corrected chi connectivity index (χ1v) is 7.08. The molecule has 2 heterocycles. The predicted octanol–water partition coefficient (Wildman–Crippen LogP) is 2.50. The summed E-state index contributed by atoms with van der Waals surface area (Å²) in [6.07, 6.45) is 4.27. The smallest absolute Gasteiger partial charge is 0.106 e. The molecule has 0 amide bonds. The van der Waals surface area contributed by atoms with Gasteiger partial charge in [-0.1, -0.05) is 6.07 Å². The Labute approximate surface area is 110 Å². The number of hydrogen-bond acceptors (Lipinski definition) is 3. The molecule has 1 aromatic rings. The lowest BCUT2D eigenvalue weighted by Gasteiger charge is -2.19. The highest BCUT2D eigenvalue weighted by Crippen LogP contribution is 2.38. The quantitative estimate of drug-likeness (QED) is 0.867.